The lowest BCUT2D eigenvalue weighted by molar-refractivity contribution is 0.562. The molecular formula is C15H19FN2S. The van der Waals surface area contributed by atoms with Crippen LogP contribution in [0.3, 0.4) is 0 Å². The highest BCUT2D eigenvalue weighted by molar-refractivity contribution is 7.11. The van der Waals surface area contributed by atoms with Crippen molar-refractivity contribution in [1.82, 2.24) is 10.3 Å². The van der Waals surface area contributed by atoms with Gasteiger partial charge in [-0.05, 0) is 37.5 Å². The summed E-state index contributed by atoms with van der Waals surface area (Å²) in [5.41, 5.74) is 1.65. The van der Waals surface area contributed by atoms with Gasteiger partial charge in [-0.15, -0.1) is 11.3 Å². The van der Waals surface area contributed by atoms with Gasteiger partial charge in [-0.3, -0.25) is 0 Å². The van der Waals surface area contributed by atoms with Gasteiger partial charge in [-0.25, -0.2) is 9.37 Å². The Kier molecular flexibility index (Phi) is 4.66. The van der Waals surface area contributed by atoms with Crippen molar-refractivity contribution in [2.24, 2.45) is 0 Å². The van der Waals surface area contributed by atoms with Crippen LogP contribution in [0.1, 0.15) is 40.9 Å². The average molecular weight is 278 g/mol. The summed E-state index contributed by atoms with van der Waals surface area (Å²) in [4.78, 5) is 5.66. The van der Waals surface area contributed by atoms with E-state index in [4.69, 9.17) is 0 Å². The summed E-state index contributed by atoms with van der Waals surface area (Å²) in [6.45, 7) is 6.67. The maximum atomic E-state index is 13.5. The molecule has 1 aromatic carbocycles. The van der Waals surface area contributed by atoms with E-state index >= 15 is 0 Å². The summed E-state index contributed by atoms with van der Waals surface area (Å²) in [5.74, 6) is -0.145. The molecular weight excluding hydrogens is 259 g/mol. The van der Waals surface area contributed by atoms with Gasteiger partial charge in [0.15, 0.2) is 0 Å². The van der Waals surface area contributed by atoms with Crippen LogP contribution in [0.4, 0.5) is 4.39 Å². The number of thiazole rings is 1. The molecule has 0 fully saturated rings. The second kappa shape index (κ2) is 6.26. The summed E-state index contributed by atoms with van der Waals surface area (Å²) in [7, 11) is 0. The molecule has 0 spiro atoms. The van der Waals surface area contributed by atoms with Crippen LogP contribution in [-0.2, 0) is 13.0 Å². The van der Waals surface area contributed by atoms with Gasteiger partial charge in [0, 0.05) is 23.7 Å². The van der Waals surface area contributed by atoms with Crippen molar-refractivity contribution in [2.45, 2.75) is 39.8 Å². The first kappa shape index (κ1) is 14.2. The highest BCUT2D eigenvalue weighted by Gasteiger charge is 2.08. The predicted octanol–water partition coefficient (Wildman–Crippen LogP) is 4.00. The molecule has 1 aromatic heterocycles. The van der Waals surface area contributed by atoms with Crippen molar-refractivity contribution in [3.05, 3.63) is 51.2 Å². The third kappa shape index (κ3) is 3.61. The highest BCUT2D eigenvalue weighted by Crippen LogP contribution is 2.18. The van der Waals surface area contributed by atoms with E-state index in [0.717, 1.165) is 23.5 Å². The summed E-state index contributed by atoms with van der Waals surface area (Å²) in [6.07, 6.45) is 2.95. The SMILES string of the molecule is CCc1cnc(CNC(C)c2ccc(C)c(F)c2)s1. The van der Waals surface area contributed by atoms with Gasteiger partial charge in [0.25, 0.3) is 0 Å². The van der Waals surface area contributed by atoms with Gasteiger partial charge in [0.05, 0.1) is 0 Å². The minimum absolute atomic E-state index is 0.115. The fraction of sp³-hybridized carbons (Fsp3) is 0.400. The van der Waals surface area contributed by atoms with E-state index in [2.05, 4.69) is 17.2 Å². The lowest BCUT2D eigenvalue weighted by Gasteiger charge is -2.13. The molecule has 0 aliphatic rings. The molecule has 1 unspecified atom stereocenters. The molecule has 0 saturated heterocycles. The van der Waals surface area contributed by atoms with Crippen molar-refractivity contribution in [3.8, 4) is 0 Å². The maximum Gasteiger partial charge on any atom is 0.126 e. The van der Waals surface area contributed by atoms with E-state index in [1.54, 1.807) is 24.3 Å². The van der Waals surface area contributed by atoms with E-state index in [9.17, 15) is 4.39 Å². The lowest BCUT2D eigenvalue weighted by Crippen LogP contribution is -2.18. The Morgan fingerprint density at radius 1 is 1.42 bits per heavy atom. The van der Waals surface area contributed by atoms with Crippen LogP contribution in [-0.4, -0.2) is 4.98 Å². The van der Waals surface area contributed by atoms with E-state index in [1.165, 1.54) is 4.88 Å². The minimum atomic E-state index is -0.145. The standard InChI is InChI=1S/C15H19FN2S/c1-4-13-8-18-15(19-13)9-17-11(3)12-6-5-10(2)14(16)7-12/h5-8,11,17H,4,9H2,1-3H3. The smallest absolute Gasteiger partial charge is 0.126 e. The van der Waals surface area contributed by atoms with Crippen LogP contribution in [0, 0.1) is 12.7 Å². The molecule has 0 aliphatic heterocycles. The Balaban J connectivity index is 1.96. The van der Waals surface area contributed by atoms with E-state index < -0.39 is 0 Å². The Hall–Kier alpha value is -1.26. The third-order valence-corrected chi connectivity index (χ3v) is 4.35. The van der Waals surface area contributed by atoms with E-state index in [1.807, 2.05) is 25.3 Å². The number of nitrogens with one attached hydrogen (secondary N) is 1. The lowest BCUT2D eigenvalue weighted by atomic mass is 10.1. The largest absolute Gasteiger partial charge is 0.304 e. The number of aromatic nitrogens is 1. The predicted molar refractivity (Wildman–Crippen MR) is 77.9 cm³/mol. The number of benzene rings is 1. The van der Waals surface area contributed by atoms with Gasteiger partial charge in [0.2, 0.25) is 0 Å². The Bertz CT molecular complexity index is 551. The van der Waals surface area contributed by atoms with Crippen LogP contribution in [0.25, 0.3) is 0 Å². The molecule has 0 amide bonds. The van der Waals surface area contributed by atoms with E-state index in [0.29, 0.717) is 5.56 Å². The molecule has 2 rings (SSSR count). The van der Waals surface area contributed by atoms with Crippen LogP contribution < -0.4 is 5.32 Å². The molecule has 2 nitrogen and oxygen atoms in total. The molecule has 0 saturated carbocycles. The first-order valence-electron chi connectivity index (χ1n) is 6.53. The number of halogens is 1. The zero-order valence-corrected chi connectivity index (χ0v) is 12.4. The number of rotatable bonds is 5. The number of hydrogen-bond donors (Lipinski definition) is 1. The van der Waals surface area contributed by atoms with Gasteiger partial charge in [0.1, 0.15) is 10.8 Å². The van der Waals surface area contributed by atoms with Crippen molar-refractivity contribution in [3.63, 3.8) is 0 Å². The van der Waals surface area contributed by atoms with Crippen LogP contribution in [0.5, 0.6) is 0 Å². The molecule has 0 bridgehead atoms. The molecule has 1 N–H and O–H groups in total. The van der Waals surface area contributed by atoms with Gasteiger partial charge < -0.3 is 5.32 Å². The first-order valence-corrected chi connectivity index (χ1v) is 7.34. The van der Waals surface area contributed by atoms with Crippen molar-refractivity contribution in [1.29, 1.82) is 0 Å². The Morgan fingerprint density at radius 3 is 2.84 bits per heavy atom. The van der Waals surface area contributed by atoms with Gasteiger partial charge >= 0.3 is 0 Å². The number of hydrogen-bond acceptors (Lipinski definition) is 3. The van der Waals surface area contributed by atoms with Crippen molar-refractivity contribution >= 4 is 11.3 Å². The quantitative estimate of drug-likeness (QED) is 0.894. The summed E-state index contributed by atoms with van der Waals surface area (Å²) >= 11 is 1.73. The average Bonchev–Trinajstić information content (AvgIpc) is 2.87. The molecule has 102 valence electrons. The minimum Gasteiger partial charge on any atom is -0.304 e. The number of nitrogens with zero attached hydrogens (tertiary/aromatic N) is 1. The van der Waals surface area contributed by atoms with Crippen molar-refractivity contribution < 1.29 is 4.39 Å². The van der Waals surface area contributed by atoms with Crippen molar-refractivity contribution in [2.75, 3.05) is 0 Å². The van der Waals surface area contributed by atoms with Crippen LogP contribution >= 0.6 is 11.3 Å². The zero-order chi connectivity index (χ0) is 13.8. The summed E-state index contributed by atoms with van der Waals surface area (Å²) in [6, 6.07) is 5.51. The molecule has 4 heteroatoms. The van der Waals surface area contributed by atoms with Gasteiger partial charge in [-0.1, -0.05) is 19.1 Å². The molecule has 1 heterocycles. The normalized spacial score (nSPS) is 12.6. The molecule has 19 heavy (non-hydrogen) atoms. The molecule has 1 atom stereocenters. The maximum absolute atomic E-state index is 13.5. The second-order valence-electron chi connectivity index (χ2n) is 4.69. The second-order valence-corrected chi connectivity index (χ2v) is 5.88. The highest BCUT2D eigenvalue weighted by atomic mass is 32.1. The fourth-order valence-electron chi connectivity index (χ4n) is 1.83. The molecule has 2 aromatic rings. The summed E-state index contributed by atoms with van der Waals surface area (Å²) < 4.78 is 13.5. The van der Waals surface area contributed by atoms with Crippen LogP contribution in [0.2, 0.25) is 0 Å². The molecule has 0 radical (unpaired) electrons. The third-order valence-electron chi connectivity index (χ3n) is 3.21. The fourth-order valence-corrected chi connectivity index (χ4v) is 2.64. The first-order chi connectivity index (χ1) is 9.10. The zero-order valence-electron chi connectivity index (χ0n) is 11.5. The summed E-state index contributed by atoms with van der Waals surface area (Å²) in [5, 5.41) is 4.46. The molecule has 0 aliphatic carbocycles. The Labute approximate surface area is 117 Å². The van der Waals surface area contributed by atoms with Gasteiger partial charge in [-0.2, -0.15) is 0 Å². The van der Waals surface area contributed by atoms with Crippen LogP contribution in [0.15, 0.2) is 24.4 Å². The monoisotopic (exact) mass is 278 g/mol. The van der Waals surface area contributed by atoms with E-state index in [-0.39, 0.29) is 11.9 Å². The topological polar surface area (TPSA) is 24.9 Å². The Morgan fingerprint density at radius 2 is 2.21 bits per heavy atom. The number of aryl methyl sites for hydroxylation is 2.